The molecule has 0 saturated carbocycles. The summed E-state index contributed by atoms with van der Waals surface area (Å²) in [5.41, 5.74) is 1.26. The monoisotopic (exact) mass is 433 g/mol. The van der Waals surface area contributed by atoms with Crippen molar-refractivity contribution in [3.8, 4) is 0 Å². The van der Waals surface area contributed by atoms with Crippen LogP contribution in [0.25, 0.3) is 0 Å². The number of rotatable bonds is 6. The molecule has 3 aromatic rings. The van der Waals surface area contributed by atoms with Gasteiger partial charge in [0.1, 0.15) is 10.7 Å². The Balaban J connectivity index is 1.93. The Hall–Kier alpha value is -2.49. The highest BCUT2D eigenvalue weighted by Gasteiger charge is 2.17. The number of nitrogens with one attached hydrogen (secondary N) is 3. The largest absolute Gasteiger partial charge is 0.338 e. The van der Waals surface area contributed by atoms with Gasteiger partial charge in [-0.05, 0) is 47.2 Å². The third-order valence-corrected chi connectivity index (χ3v) is 5.53. The van der Waals surface area contributed by atoms with E-state index in [1.54, 1.807) is 24.4 Å². The Morgan fingerprint density at radius 1 is 0.962 bits per heavy atom. The number of aromatic nitrogens is 2. The molecule has 1 heterocycles. The maximum absolute atomic E-state index is 12.2. The molecule has 1 aromatic heterocycles. The van der Waals surface area contributed by atoms with Crippen LogP contribution in [-0.4, -0.2) is 25.4 Å². The van der Waals surface area contributed by atoms with Crippen molar-refractivity contribution < 1.29 is 8.42 Å². The van der Waals surface area contributed by atoms with Gasteiger partial charge in [-0.15, -0.1) is 0 Å². The first-order valence-corrected chi connectivity index (χ1v) is 9.91. The van der Waals surface area contributed by atoms with Crippen molar-refractivity contribution in [1.82, 2.24) is 14.7 Å². The van der Waals surface area contributed by atoms with Crippen molar-refractivity contribution in [3.63, 3.8) is 0 Å². The molecule has 3 N–H and O–H groups in total. The van der Waals surface area contributed by atoms with Gasteiger partial charge in [0.25, 0.3) is 0 Å². The first-order valence-electron chi connectivity index (χ1n) is 7.64. The summed E-state index contributed by atoms with van der Waals surface area (Å²) in [6.45, 7) is 0. The summed E-state index contributed by atoms with van der Waals surface area (Å²) in [4.78, 5) is 8.77. The highest BCUT2D eigenvalue weighted by atomic mass is 79.9. The van der Waals surface area contributed by atoms with Gasteiger partial charge < -0.3 is 10.6 Å². The second-order valence-corrected chi connectivity index (χ2v) is 7.92. The van der Waals surface area contributed by atoms with E-state index in [0.717, 1.165) is 5.69 Å². The fourth-order valence-corrected chi connectivity index (χ4v) is 3.38. The maximum Gasteiger partial charge on any atom is 0.242 e. The highest BCUT2D eigenvalue weighted by Crippen LogP contribution is 2.28. The van der Waals surface area contributed by atoms with Crippen LogP contribution < -0.4 is 15.4 Å². The highest BCUT2D eigenvalue weighted by molar-refractivity contribution is 9.10. The molecule has 3 rings (SSSR count). The lowest BCUT2D eigenvalue weighted by atomic mass is 10.3. The lowest BCUT2D eigenvalue weighted by Crippen LogP contribution is -2.19. The van der Waals surface area contributed by atoms with Crippen molar-refractivity contribution in [1.29, 1.82) is 0 Å². The molecular formula is C17H16BrN5O2S. The molecule has 0 aliphatic heterocycles. The fourth-order valence-electron chi connectivity index (χ4n) is 2.21. The number of sulfonamides is 1. The third kappa shape index (κ3) is 4.18. The molecule has 134 valence electrons. The zero-order valence-corrected chi connectivity index (χ0v) is 16.2. The number of hydrogen-bond donors (Lipinski definition) is 3. The van der Waals surface area contributed by atoms with Gasteiger partial charge in [-0.1, -0.05) is 30.3 Å². The predicted octanol–water partition coefficient (Wildman–Crippen LogP) is 3.63. The van der Waals surface area contributed by atoms with Gasteiger partial charge in [-0.3, -0.25) is 0 Å². The van der Waals surface area contributed by atoms with E-state index in [9.17, 15) is 8.42 Å². The van der Waals surface area contributed by atoms with Gasteiger partial charge in [0.2, 0.25) is 16.0 Å². The van der Waals surface area contributed by atoms with Crippen molar-refractivity contribution in [2.24, 2.45) is 0 Å². The minimum Gasteiger partial charge on any atom is -0.338 e. The van der Waals surface area contributed by atoms with Crippen LogP contribution in [0.15, 0.2) is 70.2 Å². The van der Waals surface area contributed by atoms with E-state index >= 15 is 0 Å². The summed E-state index contributed by atoms with van der Waals surface area (Å²) in [7, 11) is -2.24. The Bertz CT molecular complexity index is 1010. The Kier molecular flexibility index (Phi) is 5.50. The molecule has 26 heavy (non-hydrogen) atoms. The van der Waals surface area contributed by atoms with Crippen LogP contribution in [0.2, 0.25) is 0 Å². The second-order valence-electron chi connectivity index (χ2n) is 5.21. The van der Waals surface area contributed by atoms with Gasteiger partial charge in [-0.2, -0.15) is 4.98 Å². The number of nitrogens with zero attached hydrogens (tertiary/aromatic N) is 2. The van der Waals surface area contributed by atoms with Gasteiger partial charge in [0, 0.05) is 11.9 Å². The number of benzene rings is 2. The summed E-state index contributed by atoms with van der Waals surface area (Å²) in [6.07, 6.45) is 1.59. The van der Waals surface area contributed by atoms with Crippen molar-refractivity contribution in [2.75, 3.05) is 17.7 Å². The quantitative estimate of drug-likeness (QED) is 0.549. The molecule has 0 bridgehead atoms. The van der Waals surface area contributed by atoms with Gasteiger partial charge in [0.05, 0.1) is 10.2 Å². The molecule has 9 heteroatoms. The molecule has 0 amide bonds. The third-order valence-electron chi connectivity index (χ3n) is 3.47. The molecular weight excluding hydrogens is 418 g/mol. The normalized spacial score (nSPS) is 11.2. The van der Waals surface area contributed by atoms with E-state index in [1.165, 1.54) is 13.1 Å². The molecule has 2 aromatic carbocycles. The average molecular weight is 434 g/mol. The van der Waals surface area contributed by atoms with Crippen LogP contribution in [0.3, 0.4) is 0 Å². The topological polar surface area (TPSA) is 96.0 Å². The van der Waals surface area contributed by atoms with Gasteiger partial charge >= 0.3 is 0 Å². The van der Waals surface area contributed by atoms with Crippen molar-refractivity contribution >= 4 is 49.1 Å². The van der Waals surface area contributed by atoms with Crippen LogP contribution in [0.5, 0.6) is 0 Å². The van der Waals surface area contributed by atoms with Gasteiger partial charge in [-0.25, -0.2) is 18.1 Å². The van der Waals surface area contributed by atoms with Gasteiger partial charge in [0.15, 0.2) is 0 Å². The lowest BCUT2D eigenvalue weighted by molar-refractivity contribution is 0.588. The molecule has 7 nitrogen and oxygen atoms in total. The second kappa shape index (κ2) is 7.81. The lowest BCUT2D eigenvalue weighted by Gasteiger charge is -2.13. The molecule has 0 radical (unpaired) electrons. The Morgan fingerprint density at radius 3 is 2.38 bits per heavy atom. The fraction of sp³-hybridized carbons (Fsp3) is 0.0588. The van der Waals surface area contributed by atoms with Crippen LogP contribution in [0.1, 0.15) is 0 Å². The minimum absolute atomic E-state index is 0.130. The molecule has 0 saturated heterocycles. The Labute approximate surface area is 160 Å². The molecule has 0 aliphatic carbocycles. The number of para-hydroxylation sites is 2. The zero-order chi connectivity index (χ0) is 18.6. The van der Waals surface area contributed by atoms with Crippen LogP contribution in [0.4, 0.5) is 23.1 Å². The van der Waals surface area contributed by atoms with Crippen LogP contribution in [-0.2, 0) is 10.0 Å². The molecule has 0 unspecified atom stereocenters. The number of hydrogen-bond acceptors (Lipinski definition) is 6. The van der Waals surface area contributed by atoms with E-state index < -0.39 is 10.0 Å². The molecule has 0 spiro atoms. The number of anilines is 4. The summed E-state index contributed by atoms with van der Waals surface area (Å²) < 4.78 is 27.3. The van der Waals surface area contributed by atoms with E-state index in [4.69, 9.17) is 0 Å². The first-order chi connectivity index (χ1) is 12.5. The molecule has 0 atom stereocenters. The molecule has 0 aliphatic rings. The van der Waals surface area contributed by atoms with E-state index in [0.29, 0.717) is 21.9 Å². The zero-order valence-electron chi connectivity index (χ0n) is 13.8. The summed E-state index contributed by atoms with van der Waals surface area (Å²) in [5.74, 6) is 0.827. The summed E-state index contributed by atoms with van der Waals surface area (Å²) in [6, 6.07) is 16.1. The summed E-state index contributed by atoms with van der Waals surface area (Å²) >= 11 is 3.39. The smallest absolute Gasteiger partial charge is 0.242 e. The standard InChI is InChI=1S/C17H16BrN5O2S/c1-19-26(24,25)15-10-6-5-9-14(15)22-16-13(18)11-20-17(23-16)21-12-7-3-2-4-8-12/h2-11,19H,1H3,(H2,20,21,22,23). The molecule has 0 fully saturated rings. The van der Waals surface area contributed by atoms with Crippen LogP contribution in [0, 0.1) is 0 Å². The number of halogens is 1. The van der Waals surface area contributed by atoms with E-state index in [2.05, 4.69) is 41.3 Å². The minimum atomic E-state index is -3.61. The first kappa shape index (κ1) is 18.3. The van der Waals surface area contributed by atoms with Crippen LogP contribution >= 0.6 is 15.9 Å². The van der Waals surface area contributed by atoms with E-state index in [1.807, 2.05) is 30.3 Å². The van der Waals surface area contributed by atoms with Crippen molar-refractivity contribution in [3.05, 3.63) is 65.3 Å². The average Bonchev–Trinajstić information content (AvgIpc) is 2.65. The predicted molar refractivity (Wildman–Crippen MR) is 105 cm³/mol. The van der Waals surface area contributed by atoms with Crippen molar-refractivity contribution in [2.45, 2.75) is 4.90 Å². The maximum atomic E-state index is 12.2. The van der Waals surface area contributed by atoms with E-state index in [-0.39, 0.29) is 4.90 Å². The SMILES string of the molecule is CNS(=O)(=O)c1ccccc1Nc1nc(Nc2ccccc2)ncc1Br. The Morgan fingerprint density at radius 2 is 1.65 bits per heavy atom. The summed E-state index contributed by atoms with van der Waals surface area (Å²) in [5, 5.41) is 6.15.